The summed E-state index contributed by atoms with van der Waals surface area (Å²) < 4.78 is 7.52. The number of aliphatic carboxylic acids is 1. The first-order valence-electron chi connectivity index (χ1n) is 7.60. The lowest BCUT2D eigenvalue weighted by Crippen LogP contribution is -2.14. The number of imidazole rings is 1. The highest BCUT2D eigenvalue weighted by Gasteiger charge is 2.20. The maximum Gasteiger partial charge on any atom is 0.316 e. The fraction of sp³-hybridized carbons (Fsp3) is 0.250. The minimum atomic E-state index is -0.914. The lowest BCUT2D eigenvalue weighted by Gasteiger charge is -2.11. The third-order valence-electron chi connectivity index (χ3n) is 3.48. The maximum absolute atomic E-state index is 11.2. The number of ether oxygens (including phenoxy) is 1. The lowest BCUT2D eigenvalue weighted by molar-refractivity contribution is -0.136. The van der Waals surface area contributed by atoms with E-state index in [2.05, 4.69) is 15.0 Å². The molecule has 1 aromatic carbocycles. The number of hydrogen-bond acceptors (Lipinski definition) is 7. The molecule has 3 N–H and O–H groups in total. The van der Waals surface area contributed by atoms with Gasteiger partial charge in [0, 0.05) is 0 Å². The Balaban J connectivity index is 1.85. The number of fused-ring (bicyclic) bond motifs is 1. The van der Waals surface area contributed by atoms with Crippen molar-refractivity contribution in [3.8, 4) is 5.75 Å². The number of rotatable bonds is 7. The Morgan fingerprint density at radius 1 is 1.36 bits per heavy atom. The van der Waals surface area contributed by atoms with Crippen molar-refractivity contribution in [3.63, 3.8) is 0 Å². The van der Waals surface area contributed by atoms with Gasteiger partial charge >= 0.3 is 5.97 Å². The monoisotopic (exact) mass is 359 g/mol. The zero-order chi connectivity index (χ0) is 17.8. The molecule has 0 saturated heterocycles. The molecule has 0 fully saturated rings. The van der Waals surface area contributed by atoms with Gasteiger partial charge in [-0.3, -0.25) is 4.79 Å². The molecule has 130 valence electrons. The van der Waals surface area contributed by atoms with Gasteiger partial charge < -0.3 is 20.1 Å². The van der Waals surface area contributed by atoms with Gasteiger partial charge in [0.05, 0.1) is 6.54 Å². The van der Waals surface area contributed by atoms with Gasteiger partial charge in [0.1, 0.15) is 23.9 Å². The molecule has 0 aliphatic heterocycles. The van der Waals surface area contributed by atoms with Crippen LogP contribution in [0.3, 0.4) is 0 Å². The van der Waals surface area contributed by atoms with Gasteiger partial charge in [0.2, 0.25) is 0 Å². The summed E-state index contributed by atoms with van der Waals surface area (Å²) in [6.45, 7) is 2.44. The Bertz CT molecular complexity index is 884. The number of nitrogen functional groups attached to an aromatic ring is 1. The molecule has 25 heavy (non-hydrogen) atoms. The van der Waals surface area contributed by atoms with Crippen molar-refractivity contribution in [2.24, 2.45) is 0 Å². The predicted molar refractivity (Wildman–Crippen MR) is 94.6 cm³/mol. The lowest BCUT2D eigenvalue weighted by atomic mass is 10.3. The second-order valence-electron chi connectivity index (χ2n) is 5.24. The summed E-state index contributed by atoms with van der Waals surface area (Å²) in [6.07, 6.45) is 1.36. The molecular formula is C16H17N5O3S. The fourth-order valence-electron chi connectivity index (χ4n) is 2.21. The van der Waals surface area contributed by atoms with E-state index in [9.17, 15) is 4.79 Å². The SMILES string of the molecule is C[C@H](Sc1nc2c(N)ncnc2n1CCOc1ccccc1)C(=O)O. The van der Waals surface area contributed by atoms with E-state index in [0.29, 0.717) is 29.5 Å². The number of carboxylic acids is 1. The minimum absolute atomic E-state index is 0.262. The molecule has 0 spiro atoms. The van der Waals surface area contributed by atoms with Crippen molar-refractivity contribution in [3.05, 3.63) is 36.7 Å². The summed E-state index contributed by atoms with van der Waals surface area (Å²) in [6, 6.07) is 9.44. The van der Waals surface area contributed by atoms with Crippen LogP contribution in [0, 0.1) is 0 Å². The first-order chi connectivity index (χ1) is 12.1. The number of carbonyl (C=O) groups is 1. The Morgan fingerprint density at radius 3 is 2.84 bits per heavy atom. The number of nitrogens with zero attached hydrogens (tertiary/aromatic N) is 4. The zero-order valence-corrected chi connectivity index (χ0v) is 14.3. The smallest absolute Gasteiger partial charge is 0.316 e. The van der Waals surface area contributed by atoms with E-state index in [-0.39, 0.29) is 5.82 Å². The van der Waals surface area contributed by atoms with E-state index < -0.39 is 11.2 Å². The van der Waals surface area contributed by atoms with Gasteiger partial charge in [-0.1, -0.05) is 30.0 Å². The molecule has 3 rings (SSSR count). The average Bonchev–Trinajstić information content (AvgIpc) is 2.95. The number of aromatic nitrogens is 4. The molecule has 3 aromatic rings. The van der Waals surface area contributed by atoms with Crippen LogP contribution in [0.1, 0.15) is 6.92 Å². The molecule has 0 aliphatic rings. The Kier molecular flexibility index (Phi) is 5.03. The summed E-state index contributed by atoms with van der Waals surface area (Å²) in [4.78, 5) is 23.7. The molecule has 0 bridgehead atoms. The highest BCUT2D eigenvalue weighted by atomic mass is 32.2. The first-order valence-corrected chi connectivity index (χ1v) is 8.48. The summed E-state index contributed by atoms with van der Waals surface area (Å²) >= 11 is 1.13. The predicted octanol–water partition coefficient (Wildman–Crippen LogP) is 2.05. The number of carboxylic acid groups (broad SMARTS) is 1. The number of para-hydroxylation sites is 1. The Hall–Kier alpha value is -2.81. The summed E-state index contributed by atoms with van der Waals surface area (Å²) in [5, 5.41) is 9.02. The fourth-order valence-corrected chi connectivity index (χ4v) is 3.07. The van der Waals surface area contributed by atoms with Crippen LogP contribution in [0.5, 0.6) is 5.75 Å². The molecule has 0 radical (unpaired) electrons. The van der Waals surface area contributed by atoms with Crippen molar-refractivity contribution in [2.75, 3.05) is 12.3 Å². The van der Waals surface area contributed by atoms with Gasteiger partial charge in [-0.05, 0) is 19.1 Å². The summed E-state index contributed by atoms with van der Waals surface area (Å²) in [5.74, 6) is 0.106. The molecule has 9 heteroatoms. The number of hydrogen-bond donors (Lipinski definition) is 2. The van der Waals surface area contributed by atoms with Crippen molar-refractivity contribution >= 4 is 34.7 Å². The number of anilines is 1. The molecule has 1 atom stereocenters. The van der Waals surface area contributed by atoms with Gasteiger partial charge in [0.15, 0.2) is 22.1 Å². The molecular weight excluding hydrogens is 342 g/mol. The van der Waals surface area contributed by atoms with E-state index in [4.69, 9.17) is 15.6 Å². The minimum Gasteiger partial charge on any atom is -0.492 e. The number of thioether (sulfide) groups is 1. The van der Waals surface area contributed by atoms with E-state index >= 15 is 0 Å². The zero-order valence-electron chi connectivity index (χ0n) is 13.5. The third-order valence-corrected chi connectivity index (χ3v) is 4.56. The highest BCUT2D eigenvalue weighted by molar-refractivity contribution is 8.00. The van der Waals surface area contributed by atoms with Gasteiger partial charge in [0.25, 0.3) is 0 Å². The van der Waals surface area contributed by atoms with Gasteiger partial charge in [-0.15, -0.1) is 0 Å². The maximum atomic E-state index is 11.2. The second-order valence-corrected chi connectivity index (χ2v) is 6.54. The topological polar surface area (TPSA) is 116 Å². The highest BCUT2D eigenvalue weighted by Crippen LogP contribution is 2.28. The van der Waals surface area contributed by atoms with Crippen LogP contribution in [-0.4, -0.2) is 42.5 Å². The molecule has 0 unspecified atom stereocenters. The summed E-state index contributed by atoms with van der Waals surface area (Å²) in [7, 11) is 0. The molecule has 0 saturated carbocycles. The largest absolute Gasteiger partial charge is 0.492 e. The van der Waals surface area contributed by atoms with Crippen LogP contribution in [-0.2, 0) is 11.3 Å². The molecule has 2 aromatic heterocycles. The first kappa shape index (κ1) is 17.0. The van der Waals surface area contributed by atoms with Crippen LogP contribution >= 0.6 is 11.8 Å². The van der Waals surface area contributed by atoms with Gasteiger partial charge in [-0.2, -0.15) is 0 Å². The van der Waals surface area contributed by atoms with Crippen LogP contribution in [0.25, 0.3) is 11.2 Å². The third kappa shape index (κ3) is 3.82. The van der Waals surface area contributed by atoms with E-state index in [1.54, 1.807) is 11.5 Å². The standard InChI is InChI=1S/C16H17N5O3S/c1-10(15(22)23)25-16-20-12-13(17)18-9-19-14(12)21(16)7-8-24-11-5-3-2-4-6-11/h2-6,9-10H,7-8H2,1H3,(H,22,23)(H2,17,18,19)/t10-/m0/s1. The van der Waals surface area contributed by atoms with Crippen molar-refractivity contribution in [2.45, 2.75) is 23.9 Å². The van der Waals surface area contributed by atoms with Crippen molar-refractivity contribution in [1.29, 1.82) is 0 Å². The van der Waals surface area contributed by atoms with Crippen LogP contribution < -0.4 is 10.5 Å². The van der Waals surface area contributed by atoms with E-state index in [1.165, 1.54) is 6.33 Å². The molecule has 0 amide bonds. The Morgan fingerprint density at radius 2 is 2.12 bits per heavy atom. The van der Waals surface area contributed by atoms with E-state index in [0.717, 1.165) is 17.5 Å². The van der Waals surface area contributed by atoms with Crippen LogP contribution in [0.15, 0.2) is 41.8 Å². The molecule has 2 heterocycles. The van der Waals surface area contributed by atoms with Crippen molar-refractivity contribution in [1.82, 2.24) is 19.5 Å². The molecule has 8 nitrogen and oxygen atoms in total. The van der Waals surface area contributed by atoms with E-state index in [1.807, 2.05) is 30.3 Å². The van der Waals surface area contributed by atoms with Gasteiger partial charge in [-0.25, -0.2) is 15.0 Å². The van der Waals surface area contributed by atoms with Crippen LogP contribution in [0.4, 0.5) is 5.82 Å². The van der Waals surface area contributed by atoms with Crippen LogP contribution in [0.2, 0.25) is 0 Å². The Labute approximate surface area is 148 Å². The number of benzene rings is 1. The summed E-state index contributed by atoms with van der Waals surface area (Å²) in [5.41, 5.74) is 6.88. The number of nitrogens with two attached hydrogens (primary N) is 1. The average molecular weight is 359 g/mol. The second kappa shape index (κ2) is 7.39. The normalized spacial score (nSPS) is 12.2. The molecule has 0 aliphatic carbocycles. The van der Waals surface area contributed by atoms with Crippen molar-refractivity contribution < 1.29 is 14.6 Å². The quantitative estimate of drug-likeness (QED) is 0.616.